The molecule has 1 saturated carbocycles. The van der Waals surface area contributed by atoms with E-state index in [9.17, 15) is 4.79 Å². The maximum Gasteiger partial charge on any atom is 0.227 e. The third-order valence-electron chi connectivity index (χ3n) is 6.27. The Hall–Kier alpha value is -2.77. The van der Waals surface area contributed by atoms with Gasteiger partial charge in [0.2, 0.25) is 5.91 Å². The van der Waals surface area contributed by atoms with Crippen molar-refractivity contribution in [3.63, 3.8) is 0 Å². The van der Waals surface area contributed by atoms with E-state index in [1.54, 1.807) is 36.4 Å². The van der Waals surface area contributed by atoms with E-state index < -0.39 is 0 Å². The molecule has 6 nitrogen and oxygen atoms in total. The number of anilines is 5. The first-order chi connectivity index (χ1) is 17.9. The summed E-state index contributed by atoms with van der Waals surface area (Å²) in [5.41, 5.74) is 3.32. The normalized spacial score (nSPS) is 13.9. The topological polar surface area (TPSA) is 78.9 Å². The van der Waals surface area contributed by atoms with Gasteiger partial charge >= 0.3 is 0 Å². The van der Waals surface area contributed by atoms with Gasteiger partial charge in [0.1, 0.15) is 0 Å². The Morgan fingerprint density at radius 3 is 1.76 bits per heavy atom. The van der Waals surface area contributed by atoms with Crippen molar-refractivity contribution in [2.24, 2.45) is 5.92 Å². The SMILES string of the molecule is O=C(Nc1ccc2nc(Nc3ccc(Cl)c(Cl)c3)c(Nc3ccc(Cl)c(Cl)c3)nc2c1)C1CCCCC1. The molecule has 1 aliphatic rings. The molecule has 3 N–H and O–H groups in total. The van der Waals surface area contributed by atoms with Crippen LogP contribution in [-0.4, -0.2) is 15.9 Å². The number of hydrogen-bond donors (Lipinski definition) is 3. The number of hydrogen-bond acceptors (Lipinski definition) is 5. The molecule has 0 radical (unpaired) electrons. The van der Waals surface area contributed by atoms with E-state index in [0.29, 0.717) is 59.8 Å². The molecule has 37 heavy (non-hydrogen) atoms. The van der Waals surface area contributed by atoms with Crippen molar-refractivity contribution in [3.05, 3.63) is 74.7 Å². The summed E-state index contributed by atoms with van der Waals surface area (Å²) in [6, 6.07) is 15.9. The minimum absolute atomic E-state index is 0.0547. The average Bonchev–Trinajstić information content (AvgIpc) is 2.89. The minimum atomic E-state index is 0.0547. The summed E-state index contributed by atoms with van der Waals surface area (Å²) in [5, 5.41) is 11.3. The maximum absolute atomic E-state index is 12.8. The molecule has 1 amide bonds. The third kappa shape index (κ3) is 6.21. The van der Waals surface area contributed by atoms with Crippen LogP contribution >= 0.6 is 46.4 Å². The fourth-order valence-electron chi connectivity index (χ4n) is 4.34. The second kappa shape index (κ2) is 11.3. The molecule has 1 fully saturated rings. The van der Waals surface area contributed by atoms with Gasteiger partial charge in [0, 0.05) is 23.0 Å². The van der Waals surface area contributed by atoms with Crippen molar-refractivity contribution in [2.75, 3.05) is 16.0 Å². The summed E-state index contributed by atoms with van der Waals surface area (Å²) >= 11 is 24.6. The van der Waals surface area contributed by atoms with Gasteiger partial charge in [-0.3, -0.25) is 4.79 Å². The van der Waals surface area contributed by atoms with Crippen LogP contribution < -0.4 is 16.0 Å². The van der Waals surface area contributed by atoms with Crippen LogP contribution in [0.25, 0.3) is 11.0 Å². The van der Waals surface area contributed by atoms with Gasteiger partial charge in [0.25, 0.3) is 0 Å². The number of aromatic nitrogens is 2. The summed E-state index contributed by atoms with van der Waals surface area (Å²) in [6.45, 7) is 0. The molecule has 3 aromatic carbocycles. The van der Waals surface area contributed by atoms with Gasteiger partial charge in [-0.05, 0) is 67.4 Å². The van der Waals surface area contributed by atoms with Crippen molar-refractivity contribution >= 4 is 92.0 Å². The first kappa shape index (κ1) is 25.9. The smallest absolute Gasteiger partial charge is 0.227 e. The zero-order chi connectivity index (χ0) is 25.9. The van der Waals surface area contributed by atoms with E-state index in [1.807, 2.05) is 18.2 Å². The van der Waals surface area contributed by atoms with E-state index in [1.165, 1.54) is 6.42 Å². The van der Waals surface area contributed by atoms with Crippen LogP contribution in [0.1, 0.15) is 32.1 Å². The van der Waals surface area contributed by atoms with Crippen LogP contribution in [0.5, 0.6) is 0 Å². The fraction of sp³-hybridized carbons (Fsp3) is 0.222. The summed E-state index contributed by atoms with van der Waals surface area (Å²) in [6.07, 6.45) is 5.25. The number of carbonyl (C=O) groups is 1. The monoisotopic (exact) mass is 573 g/mol. The lowest BCUT2D eigenvalue weighted by Gasteiger charge is -2.20. The van der Waals surface area contributed by atoms with E-state index in [2.05, 4.69) is 16.0 Å². The highest BCUT2D eigenvalue weighted by Crippen LogP contribution is 2.33. The zero-order valence-corrected chi connectivity index (χ0v) is 22.6. The lowest BCUT2D eigenvalue weighted by atomic mass is 9.88. The highest BCUT2D eigenvalue weighted by Gasteiger charge is 2.21. The molecular formula is C27H23Cl4N5O. The quantitative estimate of drug-likeness (QED) is 0.214. The molecule has 0 atom stereocenters. The number of nitrogens with zero attached hydrogens (tertiary/aromatic N) is 2. The van der Waals surface area contributed by atoms with Gasteiger partial charge in [0.05, 0.1) is 31.1 Å². The average molecular weight is 575 g/mol. The molecule has 5 rings (SSSR count). The number of amides is 1. The van der Waals surface area contributed by atoms with E-state index in [0.717, 1.165) is 25.7 Å². The van der Waals surface area contributed by atoms with Crippen LogP contribution in [0, 0.1) is 5.92 Å². The molecule has 4 aromatic rings. The van der Waals surface area contributed by atoms with Gasteiger partial charge in [-0.1, -0.05) is 65.7 Å². The van der Waals surface area contributed by atoms with Gasteiger partial charge in [-0.15, -0.1) is 0 Å². The predicted octanol–water partition coefficient (Wildman–Crippen LogP) is 9.25. The molecular weight excluding hydrogens is 552 g/mol. The Morgan fingerprint density at radius 2 is 1.19 bits per heavy atom. The minimum Gasteiger partial charge on any atom is -0.337 e. The molecule has 1 heterocycles. The fourth-order valence-corrected chi connectivity index (χ4v) is 4.93. The van der Waals surface area contributed by atoms with Crippen LogP contribution in [-0.2, 0) is 4.79 Å². The lowest BCUT2D eigenvalue weighted by molar-refractivity contribution is -0.120. The first-order valence-electron chi connectivity index (χ1n) is 11.9. The van der Waals surface area contributed by atoms with Gasteiger partial charge in [-0.25, -0.2) is 9.97 Å². The number of benzene rings is 3. The largest absolute Gasteiger partial charge is 0.337 e. The van der Waals surface area contributed by atoms with Crippen molar-refractivity contribution < 1.29 is 4.79 Å². The molecule has 0 saturated heterocycles. The molecule has 190 valence electrons. The van der Waals surface area contributed by atoms with Crippen molar-refractivity contribution in [2.45, 2.75) is 32.1 Å². The second-order valence-electron chi connectivity index (χ2n) is 8.96. The molecule has 0 aliphatic heterocycles. The van der Waals surface area contributed by atoms with Crippen LogP contribution in [0.2, 0.25) is 20.1 Å². The Morgan fingerprint density at radius 1 is 0.649 bits per heavy atom. The Labute approximate surface area is 234 Å². The summed E-state index contributed by atoms with van der Waals surface area (Å²) in [7, 11) is 0. The van der Waals surface area contributed by atoms with Gasteiger partial charge in [-0.2, -0.15) is 0 Å². The van der Waals surface area contributed by atoms with E-state index >= 15 is 0 Å². The lowest BCUT2D eigenvalue weighted by Crippen LogP contribution is -2.24. The zero-order valence-electron chi connectivity index (χ0n) is 19.6. The highest BCUT2D eigenvalue weighted by molar-refractivity contribution is 6.42. The standard InChI is InChI=1S/C27H23Cl4N5O/c28-19-9-6-16(12-21(19)30)32-25-26(33-17-7-10-20(29)22(31)13-17)36-24-14-18(8-11-23(24)35-25)34-27(37)15-4-2-1-3-5-15/h6-15H,1-5H2,(H,32,35)(H,33,36)(H,34,37). The van der Waals surface area contributed by atoms with Crippen LogP contribution in [0.15, 0.2) is 54.6 Å². The molecule has 0 unspecified atom stereocenters. The number of carbonyl (C=O) groups excluding carboxylic acids is 1. The van der Waals surface area contributed by atoms with E-state index in [4.69, 9.17) is 56.4 Å². The summed E-state index contributed by atoms with van der Waals surface area (Å²) < 4.78 is 0. The number of nitrogens with one attached hydrogen (secondary N) is 3. The van der Waals surface area contributed by atoms with E-state index in [-0.39, 0.29) is 11.8 Å². The molecule has 1 aliphatic carbocycles. The van der Waals surface area contributed by atoms with Crippen LogP contribution in [0.4, 0.5) is 28.7 Å². The second-order valence-corrected chi connectivity index (χ2v) is 10.6. The van der Waals surface area contributed by atoms with Crippen molar-refractivity contribution in [1.82, 2.24) is 9.97 Å². The van der Waals surface area contributed by atoms with Crippen LogP contribution in [0.3, 0.4) is 0 Å². The molecule has 0 spiro atoms. The van der Waals surface area contributed by atoms with Crippen molar-refractivity contribution in [1.29, 1.82) is 0 Å². The van der Waals surface area contributed by atoms with Gasteiger partial charge < -0.3 is 16.0 Å². The molecule has 1 aromatic heterocycles. The Bertz CT molecular complexity index is 1470. The third-order valence-corrected chi connectivity index (χ3v) is 7.75. The number of fused-ring (bicyclic) bond motifs is 1. The predicted molar refractivity (Wildman–Crippen MR) is 154 cm³/mol. The molecule has 10 heteroatoms. The number of halogens is 4. The first-order valence-corrected chi connectivity index (χ1v) is 13.4. The Balaban J connectivity index is 1.49. The Kier molecular flexibility index (Phi) is 7.91. The van der Waals surface area contributed by atoms with Gasteiger partial charge in [0.15, 0.2) is 11.6 Å². The van der Waals surface area contributed by atoms with Crippen molar-refractivity contribution in [3.8, 4) is 0 Å². The molecule has 0 bridgehead atoms. The summed E-state index contributed by atoms with van der Waals surface area (Å²) in [4.78, 5) is 22.4. The number of rotatable bonds is 6. The summed E-state index contributed by atoms with van der Waals surface area (Å²) in [5.74, 6) is 1.03. The highest BCUT2D eigenvalue weighted by atomic mass is 35.5. The maximum atomic E-state index is 12.8.